The Hall–Kier alpha value is -2.02. The highest BCUT2D eigenvalue weighted by Crippen LogP contribution is 2.40. The number of aliphatic hydroxyl groups excluding tert-OH is 1. The molecule has 1 fully saturated rings. The molecule has 108 valence electrons. The second-order valence-corrected chi connectivity index (χ2v) is 4.03. The molecule has 0 aromatic carbocycles. The lowest BCUT2D eigenvalue weighted by atomic mass is 9.96. The van der Waals surface area contributed by atoms with E-state index in [9.17, 15) is 15.0 Å². The van der Waals surface area contributed by atoms with E-state index in [0.29, 0.717) is 4.57 Å². The molecule has 0 bridgehead atoms. The zero-order chi connectivity index (χ0) is 16.7. The van der Waals surface area contributed by atoms with Crippen molar-refractivity contribution in [2.75, 3.05) is 12.3 Å². The van der Waals surface area contributed by atoms with Crippen molar-refractivity contribution in [2.45, 2.75) is 31.0 Å². The van der Waals surface area contributed by atoms with Crippen LogP contribution in [0.3, 0.4) is 0 Å². The monoisotopic (exact) mass is 286 g/mol. The van der Waals surface area contributed by atoms with Crippen molar-refractivity contribution in [3.63, 3.8) is 0 Å². The molecular weight excluding hydrogens is 271 g/mol. The third-order valence-electron chi connectivity index (χ3n) is 2.79. The van der Waals surface area contributed by atoms with Crippen molar-refractivity contribution < 1.29 is 22.1 Å². The second-order valence-electron chi connectivity index (χ2n) is 4.03. The van der Waals surface area contributed by atoms with E-state index < -0.39 is 36.4 Å². The summed E-state index contributed by atoms with van der Waals surface area (Å²) in [5.74, 6) is 3.93. The Morgan fingerprint density at radius 1 is 1.80 bits per heavy atom. The van der Waals surface area contributed by atoms with Crippen LogP contribution in [0.25, 0.3) is 0 Å². The Balaban J connectivity index is 2.57. The van der Waals surface area contributed by atoms with Crippen molar-refractivity contribution in [1.29, 1.82) is 0 Å². The molecule has 0 amide bonds. The largest absolute Gasteiger partial charge is 0.394 e. The van der Waals surface area contributed by atoms with E-state index in [1.54, 1.807) is 0 Å². The standard InChI is InChI=1S/C11H13FN4O4/c1-2-3-11(12)7(18)6(4-17)20-8(11)16-5-14-9(13)15-10(16)19/h5-8,17-18H,4H2,1H3,(H2,13,15,19)/t6-,7+,8-,11?/m1/s1/i4D2. The number of ether oxygens (including phenoxy) is 1. The van der Waals surface area contributed by atoms with Crippen LogP contribution in [0.2, 0.25) is 0 Å². The molecule has 4 atom stereocenters. The van der Waals surface area contributed by atoms with Gasteiger partial charge in [0.1, 0.15) is 18.5 Å². The molecule has 4 N–H and O–H groups in total. The van der Waals surface area contributed by atoms with Gasteiger partial charge in [0, 0.05) is 0 Å². The van der Waals surface area contributed by atoms with E-state index in [1.807, 2.05) is 5.92 Å². The maximum Gasteiger partial charge on any atom is 0.354 e. The van der Waals surface area contributed by atoms with Crippen LogP contribution in [0, 0.1) is 11.8 Å². The number of nitrogens with two attached hydrogens (primary N) is 1. The van der Waals surface area contributed by atoms with E-state index in [-0.39, 0.29) is 5.95 Å². The number of aliphatic hydroxyl groups is 2. The van der Waals surface area contributed by atoms with Crippen LogP contribution in [-0.4, -0.2) is 49.2 Å². The molecule has 1 saturated heterocycles. The number of alkyl halides is 1. The number of hydrogen-bond donors (Lipinski definition) is 3. The maximum absolute atomic E-state index is 15.0. The van der Waals surface area contributed by atoms with Crippen LogP contribution in [0.1, 0.15) is 15.9 Å². The third-order valence-corrected chi connectivity index (χ3v) is 2.79. The molecule has 0 aliphatic carbocycles. The quantitative estimate of drug-likeness (QED) is 0.548. The summed E-state index contributed by atoms with van der Waals surface area (Å²) in [7, 11) is 0. The summed E-state index contributed by atoms with van der Waals surface area (Å²) in [4.78, 5) is 18.6. The summed E-state index contributed by atoms with van der Waals surface area (Å²) in [5, 5.41) is 19.3. The van der Waals surface area contributed by atoms with Gasteiger partial charge in [-0.15, -0.1) is 5.92 Å². The van der Waals surface area contributed by atoms with Crippen molar-refractivity contribution in [2.24, 2.45) is 0 Å². The van der Waals surface area contributed by atoms with Gasteiger partial charge in [-0.1, -0.05) is 5.92 Å². The van der Waals surface area contributed by atoms with Gasteiger partial charge in [0.25, 0.3) is 0 Å². The zero-order valence-electron chi connectivity index (χ0n) is 12.3. The highest BCUT2D eigenvalue weighted by molar-refractivity contribution is 5.22. The fraction of sp³-hybridized carbons (Fsp3) is 0.545. The Morgan fingerprint density at radius 3 is 3.05 bits per heavy atom. The number of aromatic nitrogens is 3. The minimum Gasteiger partial charge on any atom is -0.394 e. The fourth-order valence-corrected chi connectivity index (χ4v) is 1.89. The lowest BCUT2D eigenvalue weighted by Crippen LogP contribution is -2.44. The summed E-state index contributed by atoms with van der Waals surface area (Å²) in [6.45, 7) is -1.77. The Labute approximate surface area is 115 Å². The molecular formula is C11H13FN4O4. The van der Waals surface area contributed by atoms with Gasteiger partial charge in [0.15, 0.2) is 6.23 Å². The number of rotatable bonds is 2. The smallest absolute Gasteiger partial charge is 0.354 e. The lowest BCUT2D eigenvalue weighted by molar-refractivity contribution is -0.0547. The average molecular weight is 286 g/mol. The van der Waals surface area contributed by atoms with E-state index in [2.05, 4.69) is 15.9 Å². The predicted octanol–water partition coefficient (Wildman–Crippen LogP) is -1.80. The summed E-state index contributed by atoms with van der Waals surface area (Å²) in [6, 6.07) is 0. The van der Waals surface area contributed by atoms with Gasteiger partial charge in [-0.3, -0.25) is 4.57 Å². The van der Waals surface area contributed by atoms with Crippen LogP contribution in [0.15, 0.2) is 11.1 Å². The number of nitrogen functional groups attached to an aromatic ring is 1. The van der Waals surface area contributed by atoms with Crippen LogP contribution in [0.5, 0.6) is 0 Å². The van der Waals surface area contributed by atoms with E-state index >= 15 is 4.39 Å². The first kappa shape index (κ1) is 11.8. The molecule has 9 heteroatoms. The van der Waals surface area contributed by atoms with Crippen LogP contribution >= 0.6 is 0 Å². The molecule has 20 heavy (non-hydrogen) atoms. The van der Waals surface area contributed by atoms with Gasteiger partial charge in [-0.05, 0) is 6.92 Å². The summed E-state index contributed by atoms with van der Waals surface area (Å²) in [5.41, 5.74) is 1.36. The molecule has 1 aliphatic heterocycles. The molecule has 2 heterocycles. The van der Waals surface area contributed by atoms with Crippen molar-refractivity contribution in [3.05, 3.63) is 16.8 Å². The number of anilines is 1. The molecule has 0 spiro atoms. The molecule has 1 aliphatic rings. The van der Waals surface area contributed by atoms with Crippen molar-refractivity contribution in [1.82, 2.24) is 14.5 Å². The van der Waals surface area contributed by atoms with Crippen LogP contribution in [-0.2, 0) is 4.74 Å². The number of nitrogens with zero attached hydrogens (tertiary/aromatic N) is 3. The zero-order valence-corrected chi connectivity index (χ0v) is 10.3. The first-order chi connectivity index (χ1) is 10.1. The van der Waals surface area contributed by atoms with Crippen LogP contribution < -0.4 is 11.4 Å². The molecule has 1 unspecified atom stereocenters. The Kier molecular flexibility index (Phi) is 3.04. The Bertz CT molecular complexity index is 698. The minimum atomic E-state index is -3.06. The van der Waals surface area contributed by atoms with Crippen LogP contribution in [0.4, 0.5) is 10.3 Å². The second kappa shape index (κ2) is 5.16. The molecule has 8 nitrogen and oxygen atoms in total. The van der Waals surface area contributed by atoms with E-state index in [0.717, 1.165) is 6.33 Å². The van der Waals surface area contributed by atoms with Gasteiger partial charge in [-0.2, -0.15) is 4.98 Å². The summed E-state index contributed by atoms with van der Waals surface area (Å²) in [6.07, 6.45) is -5.12. The number of hydrogen-bond acceptors (Lipinski definition) is 7. The molecule has 1 aromatic heterocycles. The van der Waals surface area contributed by atoms with Crippen molar-refractivity contribution >= 4 is 5.95 Å². The fourth-order valence-electron chi connectivity index (χ4n) is 1.89. The van der Waals surface area contributed by atoms with Gasteiger partial charge in [-0.25, -0.2) is 14.2 Å². The molecule has 2 rings (SSSR count). The SMILES string of the molecule is [2H]C([2H])(O)[C@H]1O[C@@H](n2cnc(N)nc2=O)C(F)(C#CC)[C@H]1O. The highest BCUT2D eigenvalue weighted by atomic mass is 19.1. The van der Waals surface area contributed by atoms with Gasteiger partial charge < -0.3 is 20.7 Å². The van der Waals surface area contributed by atoms with E-state index in [1.165, 1.54) is 6.92 Å². The minimum absolute atomic E-state index is 0.347. The Morgan fingerprint density at radius 2 is 2.50 bits per heavy atom. The lowest BCUT2D eigenvalue weighted by Gasteiger charge is -2.23. The van der Waals surface area contributed by atoms with Gasteiger partial charge >= 0.3 is 5.69 Å². The molecule has 0 saturated carbocycles. The third kappa shape index (κ3) is 2.14. The summed E-state index contributed by atoms with van der Waals surface area (Å²) >= 11 is 0. The normalized spacial score (nSPS) is 34.9. The maximum atomic E-state index is 15.0. The molecule has 0 radical (unpaired) electrons. The molecule has 1 aromatic rings. The number of halogens is 1. The first-order valence-corrected chi connectivity index (χ1v) is 5.50. The van der Waals surface area contributed by atoms with Gasteiger partial charge in [0.05, 0.1) is 9.30 Å². The summed E-state index contributed by atoms with van der Waals surface area (Å²) < 4.78 is 35.0. The van der Waals surface area contributed by atoms with E-state index in [4.69, 9.17) is 13.2 Å². The van der Waals surface area contributed by atoms with Gasteiger partial charge in [0.2, 0.25) is 11.6 Å². The highest BCUT2D eigenvalue weighted by Gasteiger charge is 2.57. The average Bonchev–Trinajstić information content (AvgIpc) is 2.63. The topological polar surface area (TPSA) is 123 Å². The predicted molar refractivity (Wildman–Crippen MR) is 65.0 cm³/mol. The first-order valence-electron chi connectivity index (χ1n) is 6.50. The van der Waals surface area contributed by atoms with Crippen molar-refractivity contribution in [3.8, 4) is 11.8 Å².